The standard InChI is InChI=1S/C14H24N2O4S2/c1-4-5-6-7-10(15-13(19)11(21)8(2)17)16-14(20)12(22)9(3)18/h10-12,21-22H,4-7H2,1-3H3,(H,15,19)(H,16,20). The minimum atomic E-state index is -1.08. The summed E-state index contributed by atoms with van der Waals surface area (Å²) < 4.78 is 0. The number of hydrogen-bond acceptors (Lipinski definition) is 6. The van der Waals surface area contributed by atoms with E-state index in [4.69, 9.17) is 0 Å². The Morgan fingerprint density at radius 2 is 1.27 bits per heavy atom. The van der Waals surface area contributed by atoms with Crippen LogP contribution >= 0.6 is 25.3 Å². The summed E-state index contributed by atoms with van der Waals surface area (Å²) in [6, 6.07) is 0. The lowest BCUT2D eigenvalue weighted by molar-refractivity contribution is -0.127. The summed E-state index contributed by atoms with van der Waals surface area (Å²) >= 11 is 7.85. The van der Waals surface area contributed by atoms with E-state index in [1.165, 1.54) is 13.8 Å². The molecule has 0 aromatic heterocycles. The molecule has 2 unspecified atom stereocenters. The number of hydrogen-bond donors (Lipinski definition) is 4. The largest absolute Gasteiger partial charge is 0.335 e. The van der Waals surface area contributed by atoms with Crippen molar-refractivity contribution in [2.24, 2.45) is 0 Å². The van der Waals surface area contributed by atoms with E-state index in [0.717, 1.165) is 19.3 Å². The molecule has 0 aliphatic heterocycles. The van der Waals surface area contributed by atoms with E-state index in [0.29, 0.717) is 6.42 Å². The first-order valence-corrected chi connectivity index (χ1v) is 8.21. The van der Waals surface area contributed by atoms with Crippen LogP contribution < -0.4 is 10.6 Å². The van der Waals surface area contributed by atoms with E-state index in [1.807, 2.05) is 6.92 Å². The molecule has 126 valence electrons. The van der Waals surface area contributed by atoms with Crippen molar-refractivity contribution in [3.05, 3.63) is 0 Å². The van der Waals surface area contributed by atoms with Gasteiger partial charge in [-0.25, -0.2) is 0 Å². The molecule has 0 saturated heterocycles. The summed E-state index contributed by atoms with van der Waals surface area (Å²) in [5.41, 5.74) is 0. The number of rotatable bonds is 10. The second kappa shape index (κ2) is 10.7. The maximum Gasteiger partial charge on any atom is 0.242 e. The van der Waals surface area contributed by atoms with Crippen LogP contribution in [0.4, 0.5) is 0 Å². The lowest BCUT2D eigenvalue weighted by Gasteiger charge is -2.22. The van der Waals surface area contributed by atoms with Crippen LogP contribution in [0, 0.1) is 0 Å². The van der Waals surface area contributed by atoms with Crippen molar-refractivity contribution in [3.8, 4) is 0 Å². The average Bonchev–Trinajstić information content (AvgIpc) is 2.45. The Morgan fingerprint density at radius 3 is 1.59 bits per heavy atom. The van der Waals surface area contributed by atoms with Crippen molar-refractivity contribution in [3.63, 3.8) is 0 Å². The molecule has 0 fully saturated rings. The van der Waals surface area contributed by atoms with Crippen LogP contribution in [0.25, 0.3) is 0 Å². The first kappa shape index (κ1) is 21.0. The van der Waals surface area contributed by atoms with Gasteiger partial charge in [-0.1, -0.05) is 19.8 Å². The van der Waals surface area contributed by atoms with Crippen molar-refractivity contribution in [2.75, 3.05) is 0 Å². The molecule has 0 aliphatic rings. The van der Waals surface area contributed by atoms with E-state index in [-0.39, 0.29) is 11.6 Å². The molecule has 2 amide bonds. The number of carbonyl (C=O) groups excluding carboxylic acids is 4. The van der Waals surface area contributed by atoms with E-state index >= 15 is 0 Å². The number of nitrogens with one attached hydrogen (secondary N) is 2. The zero-order valence-electron chi connectivity index (χ0n) is 13.1. The summed E-state index contributed by atoms with van der Waals surface area (Å²) in [5, 5.41) is 2.98. The van der Waals surface area contributed by atoms with Crippen molar-refractivity contribution < 1.29 is 19.2 Å². The van der Waals surface area contributed by atoms with Gasteiger partial charge >= 0.3 is 0 Å². The van der Waals surface area contributed by atoms with Gasteiger partial charge in [0.2, 0.25) is 11.8 Å². The lowest BCUT2D eigenvalue weighted by atomic mass is 10.1. The maximum atomic E-state index is 11.9. The number of thiol groups is 2. The smallest absolute Gasteiger partial charge is 0.242 e. The lowest BCUT2D eigenvalue weighted by Crippen LogP contribution is -2.53. The molecule has 0 heterocycles. The third kappa shape index (κ3) is 7.84. The predicted octanol–water partition coefficient (Wildman–Crippen LogP) is 0.900. The topological polar surface area (TPSA) is 92.3 Å². The Kier molecular flexibility index (Phi) is 10.2. The average molecular weight is 348 g/mol. The summed E-state index contributed by atoms with van der Waals surface area (Å²) in [4.78, 5) is 46.1. The van der Waals surface area contributed by atoms with Crippen LogP contribution in [0.2, 0.25) is 0 Å². The minimum absolute atomic E-state index is 0.379. The molecule has 2 atom stereocenters. The molecule has 0 radical (unpaired) electrons. The Labute approximate surface area is 142 Å². The molecule has 0 spiro atoms. The fourth-order valence-corrected chi connectivity index (χ4v) is 1.80. The van der Waals surface area contributed by atoms with Gasteiger partial charge in [-0.05, 0) is 26.7 Å². The molecule has 0 rings (SSSR count). The Bertz CT molecular complexity index is 395. The number of Topliss-reactive ketones (excluding diaryl/α,β-unsaturated/α-hetero) is 2. The van der Waals surface area contributed by atoms with Crippen LogP contribution in [0.3, 0.4) is 0 Å². The molecule has 8 heteroatoms. The highest BCUT2D eigenvalue weighted by Gasteiger charge is 2.25. The summed E-state index contributed by atoms with van der Waals surface area (Å²) in [5.74, 6) is -1.90. The van der Waals surface area contributed by atoms with Gasteiger partial charge < -0.3 is 10.6 Å². The molecule has 0 bridgehead atoms. The molecular formula is C14H24N2O4S2. The number of amides is 2. The normalized spacial score (nSPS) is 14.6. The molecule has 2 N–H and O–H groups in total. The number of ketones is 2. The van der Waals surface area contributed by atoms with Crippen molar-refractivity contribution in [2.45, 2.75) is 63.1 Å². The Balaban J connectivity index is 4.74. The predicted molar refractivity (Wildman–Crippen MR) is 91.1 cm³/mol. The zero-order chi connectivity index (χ0) is 17.3. The van der Waals surface area contributed by atoms with Crippen LogP contribution in [0.1, 0.15) is 46.5 Å². The van der Waals surface area contributed by atoms with E-state index in [9.17, 15) is 19.2 Å². The van der Waals surface area contributed by atoms with Crippen LogP contribution in [-0.2, 0) is 19.2 Å². The molecule has 0 aromatic carbocycles. The van der Waals surface area contributed by atoms with Crippen LogP contribution in [0.15, 0.2) is 0 Å². The molecule has 0 saturated carbocycles. The SMILES string of the molecule is CCCCCC(NC(=O)C(S)C(C)=O)NC(=O)C(S)C(C)=O. The van der Waals surface area contributed by atoms with Gasteiger partial charge in [-0.3, -0.25) is 19.2 Å². The highest BCUT2D eigenvalue weighted by atomic mass is 32.1. The van der Waals surface area contributed by atoms with Gasteiger partial charge in [0.05, 0.1) is 0 Å². The fraction of sp³-hybridized carbons (Fsp3) is 0.714. The molecule has 6 nitrogen and oxygen atoms in total. The van der Waals surface area contributed by atoms with Crippen LogP contribution in [0.5, 0.6) is 0 Å². The minimum Gasteiger partial charge on any atom is -0.335 e. The third-order valence-electron chi connectivity index (χ3n) is 3.00. The number of carbonyl (C=O) groups is 4. The highest BCUT2D eigenvalue weighted by molar-refractivity contribution is 7.83. The molecule has 0 aromatic rings. The maximum absolute atomic E-state index is 11.9. The zero-order valence-corrected chi connectivity index (χ0v) is 14.9. The van der Waals surface area contributed by atoms with Gasteiger partial charge in [0.15, 0.2) is 11.6 Å². The van der Waals surface area contributed by atoms with Gasteiger partial charge in [0.1, 0.15) is 16.7 Å². The molecule has 22 heavy (non-hydrogen) atoms. The Hall–Kier alpha value is -1.02. The van der Waals surface area contributed by atoms with Gasteiger partial charge in [0.25, 0.3) is 0 Å². The second-order valence-electron chi connectivity index (χ2n) is 5.09. The second-order valence-corrected chi connectivity index (χ2v) is 6.12. The van der Waals surface area contributed by atoms with E-state index < -0.39 is 28.5 Å². The fourth-order valence-electron chi connectivity index (χ4n) is 1.65. The van der Waals surface area contributed by atoms with Crippen molar-refractivity contribution >= 4 is 48.6 Å². The monoisotopic (exact) mass is 348 g/mol. The molecular weight excluding hydrogens is 324 g/mol. The summed E-state index contributed by atoms with van der Waals surface area (Å²) in [6.07, 6.45) is 2.56. The van der Waals surface area contributed by atoms with Gasteiger partial charge in [-0.15, -0.1) is 0 Å². The number of unbranched alkanes of at least 4 members (excludes halogenated alkanes) is 2. The van der Waals surface area contributed by atoms with E-state index in [2.05, 4.69) is 35.9 Å². The van der Waals surface area contributed by atoms with Gasteiger partial charge in [-0.2, -0.15) is 25.3 Å². The quantitative estimate of drug-likeness (QED) is 0.204. The summed E-state index contributed by atoms with van der Waals surface area (Å²) in [6.45, 7) is 4.56. The summed E-state index contributed by atoms with van der Waals surface area (Å²) in [7, 11) is 0. The molecule has 0 aliphatic carbocycles. The van der Waals surface area contributed by atoms with E-state index in [1.54, 1.807) is 0 Å². The first-order valence-electron chi connectivity index (χ1n) is 7.18. The van der Waals surface area contributed by atoms with Gasteiger partial charge in [0, 0.05) is 0 Å². The third-order valence-corrected chi connectivity index (χ3v) is 4.19. The highest BCUT2D eigenvalue weighted by Crippen LogP contribution is 2.05. The van der Waals surface area contributed by atoms with Crippen molar-refractivity contribution in [1.29, 1.82) is 0 Å². The van der Waals surface area contributed by atoms with Crippen LogP contribution in [-0.4, -0.2) is 40.0 Å². The Morgan fingerprint density at radius 1 is 0.864 bits per heavy atom. The van der Waals surface area contributed by atoms with Crippen molar-refractivity contribution in [1.82, 2.24) is 10.6 Å². The first-order chi connectivity index (χ1) is 10.2.